The summed E-state index contributed by atoms with van der Waals surface area (Å²) in [7, 11) is 1.54. The van der Waals surface area contributed by atoms with Crippen molar-refractivity contribution in [3.05, 3.63) is 59.7 Å². The molecule has 2 aromatic carbocycles. The molecule has 124 valence electrons. The molecule has 0 spiro atoms. The number of carbonyl (C=O) groups is 2. The topological polar surface area (TPSA) is 61.8 Å². The van der Waals surface area contributed by atoms with Gasteiger partial charge in [0.15, 0.2) is 11.7 Å². The molecule has 3 rings (SSSR count). The highest BCUT2D eigenvalue weighted by atomic mass is 16.5. The average molecular weight is 326 g/mol. The summed E-state index contributed by atoms with van der Waals surface area (Å²) in [6.45, 7) is 1.92. The molecule has 0 aromatic heterocycles. The molecule has 0 radical (unpaired) electrons. The van der Waals surface area contributed by atoms with Gasteiger partial charge in [-0.1, -0.05) is 30.3 Å². The lowest BCUT2D eigenvalue weighted by Crippen LogP contribution is -2.38. The molecule has 0 fully saturated rings. The van der Waals surface area contributed by atoms with Crippen LogP contribution in [0.25, 0.3) is 0 Å². The molecule has 5 heteroatoms. The maximum Gasteiger partial charge on any atom is 0.321 e. The quantitative estimate of drug-likeness (QED) is 0.638. The first-order valence-electron chi connectivity index (χ1n) is 7.76. The summed E-state index contributed by atoms with van der Waals surface area (Å²) in [4.78, 5) is 25.3. The largest absolute Gasteiger partial charge is 0.497 e. The van der Waals surface area contributed by atoms with Gasteiger partial charge in [-0.2, -0.15) is 0 Å². The number of ketones is 1. The SMILES string of the molecule is CCOC(=O)C1C(=O)c2ccc(OC)cc2OC1c1ccccc1. The fourth-order valence-corrected chi connectivity index (χ4v) is 2.81. The van der Waals surface area contributed by atoms with Crippen LogP contribution < -0.4 is 9.47 Å². The van der Waals surface area contributed by atoms with Crippen LogP contribution in [0.15, 0.2) is 48.5 Å². The van der Waals surface area contributed by atoms with Crippen molar-refractivity contribution in [3.8, 4) is 11.5 Å². The second-order valence-corrected chi connectivity index (χ2v) is 5.41. The van der Waals surface area contributed by atoms with Crippen LogP contribution in [0.3, 0.4) is 0 Å². The molecule has 2 unspecified atom stereocenters. The third-order valence-corrected chi connectivity index (χ3v) is 3.96. The van der Waals surface area contributed by atoms with Crippen molar-refractivity contribution in [1.29, 1.82) is 0 Å². The minimum atomic E-state index is -1.02. The minimum absolute atomic E-state index is 0.208. The summed E-state index contributed by atoms with van der Waals surface area (Å²) in [6.07, 6.45) is -0.725. The summed E-state index contributed by atoms with van der Waals surface area (Å²) in [5.74, 6) is -0.894. The standard InChI is InChI=1S/C19H18O5/c1-3-23-19(21)16-17(20)14-10-9-13(22-2)11-15(14)24-18(16)12-7-5-4-6-8-12/h4-11,16,18H,3H2,1-2H3. The molecular weight excluding hydrogens is 308 g/mol. The van der Waals surface area contributed by atoms with E-state index in [0.717, 1.165) is 5.56 Å². The molecule has 1 aliphatic rings. The molecule has 0 amide bonds. The van der Waals surface area contributed by atoms with E-state index in [9.17, 15) is 9.59 Å². The Bertz CT molecular complexity index is 754. The van der Waals surface area contributed by atoms with E-state index in [1.807, 2.05) is 30.3 Å². The number of methoxy groups -OCH3 is 1. The van der Waals surface area contributed by atoms with E-state index in [2.05, 4.69) is 0 Å². The first-order chi connectivity index (χ1) is 11.7. The lowest BCUT2D eigenvalue weighted by Gasteiger charge is -2.31. The van der Waals surface area contributed by atoms with E-state index >= 15 is 0 Å². The summed E-state index contributed by atoms with van der Waals surface area (Å²) >= 11 is 0. The van der Waals surface area contributed by atoms with Crippen LogP contribution in [-0.2, 0) is 9.53 Å². The van der Waals surface area contributed by atoms with Crippen LogP contribution in [0.5, 0.6) is 11.5 Å². The van der Waals surface area contributed by atoms with Gasteiger partial charge < -0.3 is 14.2 Å². The number of Topliss-reactive ketones (excluding diaryl/α,β-unsaturated/α-hetero) is 1. The molecule has 0 N–H and O–H groups in total. The zero-order valence-electron chi connectivity index (χ0n) is 13.5. The van der Waals surface area contributed by atoms with Gasteiger partial charge in [0.05, 0.1) is 19.3 Å². The highest BCUT2D eigenvalue weighted by molar-refractivity contribution is 6.11. The number of esters is 1. The molecule has 5 nitrogen and oxygen atoms in total. The molecule has 0 bridgehead atoms. The van der Waals surface area contributed by atoms with Crippen LogP contribution in [0.4, 0.5) is 0 Å². The number of ether oxygens (including phenoxy) is 3. The molecule has 0 saturated carbocycles. The first-order valence-corrected chi connectivity index (χ1v) is 7.76. The second kappa shape index (κ2) is 6.74. The maximum atomic E-state index is 12.9. The Balaban J connectivity index is 2.07. The number of carbonyl (C=O) groups excluding carboxylic acids is 2. The predicted molar refractivity (Wildman–Crippen MR) is 87.3 cm³/mol. The van der Waals surface area contributed by atoms with E-state index in [4.69, 9.17) is 14.2 Å². The van der Waals surface area contributed by atoms with E-state index in [1.165, 1.54) is 0 Å². The minimum Gasteiger partial charge on any atom is -0.497 e. The van der Waals surface area contributed by atoms with Crippen LogP contribution in [0, 0.1) is 5.92 Å². The van der Waals surface area contributed by atoms with Gasteiger partial charge in [-0.15, -0.1) is 0 Å². The van der Waals surface area contributed by atoms with E-state index < -0.39 is 18.0 Å². The molecule has 2 aromatic rings. The van der Waals surface area contributed by atoms with Crippen LogP contribution >= 0.6 is 0 Å². The monoisotopic (exact) mass is 326 g/mol. The third-order valence-electron chi connectivity index (χ3n) is 3.96. The zero-order chi connectivity index (χ0) is 17.1. The lowest BCUT2D eigenvalue weighted by atomic mass is 9.85. The lowest BCUT2D eigenvalue weighted by molar-refractivity contribution is -0.149. The summed E-state index contributed by atoms with van der Waals surface area (Å²) in [6, 6.07) is 14.1. The fourth-order valence-electron chi connectivity index (χ4n) is 2.81. The van der Waals surface area contributed by atoms with Crippen molar-refractivity contribution in [3.63, 3.8) is 0 Å². The van der Waals surface area contributed by atoms with E-state index in [0.29, 0.717) is 17.1 Å². The summed E-state index contributed by atoms with van der Waals surface area (Å²) in [5.41, 5.74) is 1.11. The Morgan fingerprint density at radius 1 is 1.17 bits per heavy atom. The summed E-state index contributed by atoms with van der Waals surface area (Å²) in [5, 5.41) is 0. The Hall–Kier alpha value is -2.82. The third kappa shape index (κ3) is 2.85. The molecular formula is C19H18O5. The van der Waals surface area contributed by atoms with Crippen molar-refractivity contribution in [2.75, 3.05) is 13.7 Å². The van der Waals surface area contributed by atoms with Crippen LogP contribution in [0.2, 0.25) is 0 Å². The molecule has 1 heterocycles. The maximum absolute atomic E-state index is 12.9. The van der Waals surface area contributed by atoms with Gasteiger partial charge in [-0.25, -0.2) is 0 Å². The normalized spacial score (nSPS) is 19.2. The fraction of sp³-hybridized carbons (Fsp3) is 0.263. The van der Waals surface area contributed by atoms with Crippen molar-refractivity contribution in [1.82, 2.24) is 0 Å². The molecule has 2 atom stereocenters. The number of rotatable bonds is 4. The smallest absolute Gasteiger partial charge is 0.321 e. The van der Waals surface area contributed by atoms with Crippen molar-refractivity contribution in [2.24, 2.45) is 5.92 Å². The second-order valence-electron chi connectivity index (χ2n) is 5.41. The molecule has 0 saturated heterocycles. The Morgan fingerprint density at radius 3 is 2.58 bits per heavy atom. The van der Waals surface area contributed by atoms with Gasteiger partial charge in [-0.05, 0) is 24.6 Å². The summed E-state index contributed by atoms with van der Waals surface area (Å²) < 4.78 is 16.3. The molecule has 0 aliphatic carbocycles. The Morgan fingerprint density at radius 2 is 1.92 bits per heavy atom. The molecule has 1 aliphatic heterocycles. The predicted octanol–water partition coefficient (Wildman–Crippen LogP) is 3.19. The number of hydrogen-bond acceptors (Lipinski definition) is 5. The Kier molecular flexibility index (Phi) is 4.51. The van der Waals surface area contributed by atoms with Crippen molar-refractivity contribution < 1.29 is 23.8 Å². The number of fused-ring (bicyclic) bond motifs is 1. The highest BCUT2D eigenvalue weighted by Crippen LogP contribution is 2.40. The van der Waals surface area contributed by atoms with E-state index in [-0.39, 0.29) is 12.4 Å². The number of hydrogen-bond donors (Lipinski definition) is 0. The number of benzene rings is 2. The van der Waals surface area contributed by atoms with Gasteiger partial charge in [0.25, 0.3) is 0 Å². The van der Waals surface area contributed by atoms with Crippen LogP contribution in [-0.4, -0.2) is 25.5 Å². The van der Waals surface area contributed by atoms with Crippen LogP contribution in [0.1, 0.15) is 28.9 Å². The average Bonchev–Trinajstić information content (AvgIpc) is 2.62. The van der Waals surface area contributed by atoms with Gasteiger partial charge in [0.1, 0.15) is 17.6 Å². The van der Waals surface area contributed by atoms with Crippen molar-refractivity contribution >= 4 is 11.8 Å². The van der Waals surface area contributed by atoms with Gasteiger partial charge in [-0.3, -0.25) is 9.59 Å². The van der Waals surface area contributed by atoms with E-state index in [1.54, 1.807) is 32.2 Å². The van der Waals surface area contributed by atoms with Gasteiger partial charge >= 0.3 is 5.97 Å². The molecule has 24 heavy (non-hydrogen) atoms. The zero-order valence-corrected chi connectivity index (χ0v) is 13.5. The van der Waals surface area contributed by atoms with Gasteiger partial charge in [0, 0.05) is 6.07 Å². The van der Waals surface area contributed by atoms with Crippen molar-refractivity contribution in [2.45, 2.75) is 13.0 Å². The highest BCUT2D eigenvalue weighted by Gasteiger charge is 2.44. The first kappa shape index (κ1) is 16.1. The Labute approximate surface area is 140 Å². The van der Waals surface area contributed by atoms with Gasteiger partial charge in [0.2, 0.25) is 0 Å².